The Bertz CT molecular complexity index is 854. The lowest BCUT2D eigenvalue weighted by Gasteiger charge is -2.11. The standard InChI is InChI=1S/C20H21ClO2S/c1-13-10-16(23-9-8-22-3)5-6-17(13)20-14(2)24-19-7-4-15(12-21)11-18(19)20/h4-7,10-11H,8-9,12H2,1-3H3. The molecular weight excluding hydrogens is 340 g/mol. The molecule has 1 aromatic heterocycles. The van der Waals surface area contributed by atoms with Crippen LogP contribution in [0.3, 0.4) is 0 Å². The average molecular weight is 361 g/mol. The molecule has 0 N–H and O–H groups in total. The molecule has 0 fully saturated rings. The Balaban J connectivity index is 2.02. The van der Waals surface area contributed by atoms with Crippen LogP contribution in [0.1, 0.15) is 16.0 Å². The van der Waals surface area contributed by atoms with Gasteiger partial charge < -0.3 is 9.47 Å². The van der Waals surface area contributed by atoms with E-state index >= 15 is 0 Å². The first-order chi connectivity index (χ1) is 11.6. The number of benzene rings is 2. The van der Waals surface area contributed by atoms with Crippen LogP contribution in [0, 0.1) is 13.8 Å². The molecule has 0 aliphatic heterocycles. The number of rotatable bonds is 6. The lowest BCUT2D eigenvalue weighted by atomic mass is 9.97. The number of thiophene rings is 1. The van der Waals surface area contributed by atoms with Gasteiger partial charge in [-0.15, -0.1) is 22.9 Å². The summed E-state index contributed by atoms with van der Waals surface area (Å²) in [5, 5.41) is 1.28. The Morgan fingerprint density at radius 3 is 2.58 bits per heavy atom. The Kier molecular flexibility index (Phi) is 5.44. The van der Waals surface area contributed by atoms with Gasteiger partial charge in [0.15, 0.2) is 0 Å². The summed E-state index contributed by atoms with van der Waals surface area (Å²) in [7, 11) is 1.68. The first kappa shape index (κ1) is 17.3. The zero-order chi connectivity index (χ0) is 17.1. The summed E-state index contributed by atoms with van der Waals surface area (Å²) >= 11 is 7.85. The van der Waals surface area contributed by atoms with Gasteiger partial charge in [-0.3, -0.25) is 0 Å². The molecule has 2 nitrogen and oxygen atoms in total. The molecule has 0 radical (unpaired) electrons. The average Bonchev–Trinajstić information content (AvgIpc) is 2.90. The normalized spacial score (nSPS) is 11.2. The second-order valence-corrected chi connectivity index (χ2v) is 7.34. The van der Waals surface area contributed by atoms with Gasteiger partial charge in [0.2, 0.25) is 0 Å². The molecule has 0 atom stereocenters. The molecule has 126 valence electrons. The Morgan fingerprint density at radius 1 is 1.04 bits per heavy atom. The minimum absolute atomic E-state index is 0.537. The maximum atomic E-state index is 6.02. The van der Waals surface area contributed by atoms with Crippen LogP contribution in [0.4, 0.5) is 0 Å². The SMILES string of the molecule is COCCOc1ccc(-c2c(C)sc3ccc(CCl)cc23)c(C)c1. The predicted molar refractivity (Wildman–Crippen MR) is 104 cm³/mol. The highest BCUT2D eigenvalue weighted by Crippen LogP contribution is 2.40. The van der Waals surface area contributed by atoms with Crippen LogP contribution in [-0.2, 0) is 10.6 Å². The minimum Gasteiger partial charge on any atom is -0.491 e. The van der Waals surface area contributed by atoms with Crippen molar-refractivity contribution in [3.05, 3.63) is 52.4 Å². The minimum atomic E-state index is 0.537. The number of ether oxygens (including phenoxy) is 2. The molecule has 1 heterocycles. The number of hydrogen-bond acceptors (Lipinski definition) is 3. The van der Waals surface area contributed by atoms with Gasteiger partial charge in [-0.2, -0.15) is 0 Å². The van der Waals surface area contributed by atoms with Crippen LogP contribution >= 0.6 is 22.9 Å². The number of fused-ring (bicyclic) bond motifs is 1. The maximum absolute atomic E-state index is 6.02. The summed E-state index contributed by atoms with van der Waals surface area (Å²) in [5.74, 6) is 1.42. The summed E-state index contributed by atoms with van der Waals surface area (Å²) < 4.78 is 12.0. The number of halogens is 1. The van der Waals surface area contributed by atoms with E-state index in [2.05, 4.69) is 44.2 Å². The van der Waals surface area contributed by atoms with E-state index < -0.39 is 0 Å². The highest BCUT2D eigenvalue weighted by molar-refractivity contribution is 7.19. The lowest BCUT2D eigenvalue weighted by molar-refractivity contribution is 0.146. The molecule has 3 aromatic rings. The van der Waals surface area contributed by atoms with Crippen molar-refractivity contribution in [2.75, 3.05) is 20.3 Å². The number of methoxy groups -OCH3 is 1. The lowest BCUT2D eigenvalue weighted by Crippen LogP contribution is -2.04. The molecule has 0 unspecified atom stereocenters. The third kappa shape index (κ3) is 3.44. The first-order valence-electron chi connectivity index (χ1n) is 7.94. The highest BCUT2D eigenvalue weighted by Gasteiger charge is 2.14. The molecule has 24 heavy (non-hydrogen) atoms. The fraction of sp³-hybridized carbons (Fsp3) is 0.300. The molecule has 4 heteroatoms. The van der Waals surface area contributed by atoms with Crippen LogP contribution in [-0.4, -0.2) is 20.3 Å². The van der Waals surface area contributed by atoms with Crippen molar-refractivity contribution in [1.29, 1.82) is 0 Å². The van der Waals surface area contributed by atoms with E-state index in [1.807, 2.05) is 17.4 Å². The highest BCUT2D eigenvalue weighted by atomic mass is 35.5. The smallest absolute Gasteiger partial charge is 0.119 e. The van der Waals surface area contributed by atoms with E-state index in [-0.39, 0.29) is 0 Å². The zero-order valence-corrected chi connectivity index (χ0v) is 15.8. The molecule has 0 saturated carbocycles. The van der Waals surface area contributed by atoms with E-state index in [1.165, 1.54) is 31.7 Å². The summed E-state index contributed by atoms with van der Waals surface area (Å²) in [4.78, 5) is 1.33. The van der Waals surface area contributed by atoms with Gasteiger partial charge in [0.25, 0.3) is 0 Å². The Morgan fingerprint density at radius 2 is 1.88 bits per heavy atom. The van der Waals surface area contributed by atoms with Crippen molar-refractivity contribution in [2.24, 2.45) is 0 Å². The van der Waals surface area contributed by atoms with E-state index in [0.717, 1.165) is 11.3 Å². The van der Waals surface area contributed by atoms with Crippen LogP contribution in [0.25, 0.3) is 21.2 Å². The Labute approximate surface area is 152 Å². The van der Waals surface area contributed by atoms with Crippen LogP contribution in [0.5, 0.6) is 5.75 Å². The molecule has 0 aliphatic rings. The largest absolute Gasteiger partial charge is 0.491 e. The maximum Gasteiger partial charge on any atom is 0.119 e. The molecule has 3 rings (SSSR count). The molecule has 0 amide bonds. The molecule has 0 aliphatic carbocycles. The quantitative estimate of drug-likeness (QED) is 0.399. The van der Waals surface area contributed by atoms with E-state index in [9.17, 15) is 0 Å². The van der Waals surface area contributed by atoms with Crippen molar-refractivity contribution in [2.45, 2.75) is 19.7 Å². The fourth-order valence-corrected chi connectivity index (χ4v) is 4.16. The molecule has 0 bridgehead atoms. The van der Waals surface area contributed by atoms with Crippen molar-refractivity contribution in [1.82, 2.24) is 0 Å². The van der Waals surface area contributed by atoms with Gasteiger partial charge in [-0.05, 0) is 54.8 Å². The molecule has 2 aromatic carbocycles. The zero-order valence-electron chi connectivity index (χ0n) is 14.2. The Hall–Kier alpha value is -1.55. The van der Waals surface area contributed by atoms with Crippen LogP contribution < -0.4 is 4.74 Å². The van der Waals surface area contributed by atoms with Gasteiger partial charge >= 0.3 is 0 Å². The second-order valence-electron chi connectivity index (χ2n) is 5.82. The molecule has 0 saturated heterocycles. The third-order valence-corrected chi connectivity index (χ3v) is 5.50. The number of hydrogen-bond donors (Lipinski definition) is 0. The van der Waals surface area contributed by atoms with E-state index in [0.29, 0.717) is 19.1 Å². The van der Waals surface area contributed by atoms with E-state index in [4.69, 9.17) is 21.1 Å². The summed E-state index contributed by atoms with van der Waals surface area (Å²) in [6.45, 7) is 5.47. The third-order valence-electron chi connectivity index (χ3n) is 4.11. The van der Waals surface area contributed by atoms with Crippen molar-refractivity contribution < 1.29 is 9.47 Å². The first-order valence-corrected chi connectivity index (χ1v) is 9.30. The van der Waals surface area contributed by atoms with Crippen molar-refractivity contribution >= 4 is 33.0 Å². The van der Waals surface area contributed by atoms with Gasteiger partial charge in [0.1, 0.15) is 12.4 Å². The van der Waals surface area contributed by atoms with Gasteiger partial charge in [0.05, 0.1) is 6.61 Å². The number of aryl methyl sites for hydroxylation is 2. The van der Waals surface area contributed by atoms with Crippen LogP contribution in [0.2, 0.25) is 0 Å². The number of alkyl halides is 1. The molecular formula is C20H21ClO2S. The fourth-order valence-electron chi connectivity index (χ4n) is 2.93. The van der Waals surface area contributed by atoms with Crippen LogP contribution in [0.15, 0.2) is 36.4 Å². The van der Waals surface area contributed by atoms with Gasteiger partial charge in [-0.1, -0.05) is 12.1 Å². The van der Waals surface area contributed by atoms with Gasteiger partial charge in [0, 0.05) is 33.5 Å². The van der Waals surface area contributed by atoms with Crippen molar-refractivity contribution in [3.8, 4) is 16.9 Å². The monoisotopic (exact) mass is 360 g/mol. The van der Waals surface area contributed by atoms with Gasteiger partial charge in [-0.25, -0.2) is 0 Å². The second kappa shape index (κ2) is 7.56. The molecule has 0 spiro atoms. The summed E-state index contributed by atoms with van der Waals surface area (Å²) in [6.07, 6.45) is 0. The topological polar surface area (TPSA) is 18.5 Å². The van der Waals surface area contributed by atoms with E-state index in [1.54, 1.807) is 7.11 Å². The summed E-state index contributed by atoms with van der Waals surface area (Å²) in [5.41, 5.74) is 4.93. The summed E-state index contributed by atoms with van der Waals surface area (Å²) in [6, 6.07) is 12.8. The predicted octanol–water partition coefficient (Wildman–Crippen LogP) is 5.95. The van der Waals surface area contributed by atoms with Crippen molar-refractivity contribution in [3.63, 3.8) is 0 Å².